The predicted molar refractivity (Wildman–Crippen MR) is 77.8 cm³/mol. The molecule has 1 N–H and O–H groups in total. The molecule has 0 amide bonds. The van der Waals surface area contributed by atoms with E-state index in [1.54, 1.807) is 7.11 Å². The lowest BCUT2D eigenvalue weighted by atomic mass is 9.88. The predicted octanol–water partition coefficient (Wildman–Crippen LogP) is 2.21. The van der Waals surface area contributed by atoms with Crippen molar-refractivity contribution in [3.63, 3.8) is 0 Å². The van der Waals surface area contributed by atoms with Gasteiger partial charge in [-0.3, -0.25) is 0 Å². The molecular weight excluding hydrogens is 240 g/mol. The molecule has 0 radical (unpaired) electrons. The standard InChI is InChI=1S/C15H24N2O2/c1-15(10-19-11-15)9-16-13-7-12(8-17(2)3)5-6-14(13)18-4/h5-7,16H,8-11H2,1-4H3. The lowest BCUT2D eigenvalue weighted by molar-refractivity contribution is -0.0924. The average Bonchev–Trinajstić information content (AvgIpc) is 2.33. The first-order valence-corrected chi connectivity index (χ1v) is 6.66. The fourth-order valence-corrected chi connectivity index (χ4v) is 2.22. The third-order valence-electron chi connectivity index (χ3n) is 3.37. The Balaban J connectivity index is 2.07. The maximum atomic E-state index is 5.41. The van der Waals surface area contributed by atoms with E-state index in [9.17, 15) is 0 Å². The van der Waals surface area contributed by atoms with Crippen LogP contribution in [0.25, 0.3) is 0 Å². The summed E-state index contributed by atoms with van der Waals surface area (Å²) in [6, 6.07) is 6.31. The van der Waals surface area contributed by atoms with Crippen molar-refractivity contribution in [1.29, 1.82) is 0 Å². The van der Waals surface area contributed by atoms with E-state index < -0.39 is 0 Å². The van der Waals surface area contributed by atoms with E-state index in [1.165, 1.54) is 5.56 Å². The highest BCUT2D eigenvalue weighted by molar-refractivity contribution is 5.58. The van der Waals surface area contributed by atoms with E-state index in [0.717, 1.165) is 37.7 Å². The molecule has 1 fully saturated rings. The molecule has 2 rings (SSSR count). The minimum Gasteiger partial charge on any atom is -0.495 e. The zero-order chi connectivity index (χ0) is 13.9. The molecule has 4 heteroatoms. The first kappa shape index (κ1) is 14.2. The highest BCUT2D eigenvalue weighted by atomic mass is 16.5. The lowest BCUT2D eigenvalue weighted by Gasteiger charge is -2.38. The molecule has 0 aromatic heterocycles. The number of rotatable bonds is 6. The fraction of sp³-hybridized carbons (Fsp3) is 0.600. The Hall–Kier alpha value is -1.26. The van der Waals surface area contributed by atoms with Gasteiger partial charge in [0.2, 0.25) is 0 Å². The normalized spacial score (nSPS) is 17.1. The van der Waals surface area contributed by atoms with Gasteiger partial charge in [-0.05, 0) is 31.8 Å². The molecule has 0 aliphatic carbocycles. The van der Waals surface area contributed by atoms with Gasteiger partial charge in [0.1, 0.15) is 5.75 Å². The third-order valence-corrected chi connectivity index (χ3v) is 3.37. The molecule has 19 heavy (non-hydrogen) atoms. The summed E-state index contributed by atoms with van der Waals surface area (Å²) in [6.45, 7) is 5.74. The minimum atomic E-state index is 0.253. The van der Waals surface area contributed by atoms with Gasteiger partial charge in [0.25, 0.3) is 0 Å². The highest BCUT2D eigenvalue weighted by Crippen LogP contribution is 2.30. The molecule has 0 atom stereocenters. The van der Waals surface area contributed by atoms with Gasteiger partial charge < -0.3 is 19.7 Å². The highest BCUT2D eigenvalue weighted by Gasteiger charge is 2.33. The van der Waals surface area contributed by atoms with Crippen molar-refractivity contribution in [2.75, 3.05) is 46.3 Å². The van der Waals surface area contributed by atoms with Crippen molar-refractivity contribution in [3.05, 3.63) is 23.8 Å². The van der Waals surface area contributed by atoms with E-state index in [-0.39, 0.29) is 5.41 Å². The maximum absolute atomic E-state index is 5.41. The third kappa shape index (κ3) is 3.61. The van der Waals surface area contributed by atoms with Gasteiger partial charge in [0.15, 0.2) is 0 Å². The van der Waals surface area contributed by atoms with Crippen LogP contribution in [-0.2, 0) is 11.3 Å². The van der Waals surface area contributed by atoms with Crippen LogP contribution in [-0.4, -0.2) is 45.9 Å². The van der Waals surface area contributed by atoms with Gasteiger partial charge in [-0.1, -0.05) is 13.0 Å². The van der Waals surface area contributed by atoms with E-state index >= 15 is 0 Å². The average molecular weight is 264 g/mol. The molecule has 0 bridgehead atoms. The van der Waals surface area contributed by atoms with Gasteiger partial charge in [0.05, 0.1) is 26.0 Å². The van der Waals surface area contributed by atoms with Crippen LogP contribution in [0.3, 0.4) is 0 Å². The van der Waals surface area contributed by atoms with Crippen LogP contribution >= 0.6 is 0 Å². The van der Waals surface area contributed by atoms with E-state index in [4.69, 9.17) is 9.47 Å². The van der Waals surface area contributed by atoms with Crippen LogP contribution in [0.1, 0.15) is 12.5 Å². The Morgan fingerprint density at radius 3 is 2.63 bits per heavy atom. The number of anilines is 1. The fourth-order valence-electron chi connectivity index (χ4n) is 2.22. The Bertz CT molecular complexity index is 428. The maximum Gasteiger partial charge on any atom is 0.141 e. The Kier molecular flexibility index (Phi) is 4.32. The Morgan fingerprint density at radius 2 is 2.11 bits per heavy atom. The molecular formula is C15H24N2O2. The summed E-state index contributed by atoms with van der Waals surface area (Å²) in [6.07, 6.45) is 0. The van der Waals surface area contributed by atoms with Crippen molar-refractivity contribution in [1.82, 2.24) is 4.90 Å². The molecule has 0 saturated carbocycles. The number of hydrogen-bond acceptors (Lipinski definition) is 4. The molecule has 106 valence electrons. The van der Waals surface area contributed by atoms with Gasteiger partial charge in [-0.2, -0.15) is 0 Å². The second-order valence-electron chi connectivity index (χ2n) is 5.93. The number of nitrogens with one attached hydrogen (secondary N) is 1. The smallest absolute Gasteiger partial charge is 0.141 e. The van der Waals surface area contributed by atoms with Gasteiger partial charge in [0, 0.05) is 18.5 Å². The molecule has 1 heterocycles. The van der Waals surface area contributed by atoms with Crippen LogP contribution in [0.15, 0.2) is 18.2 Å². The topological polar surface area (TPSA) is 33.7 Å². The second kappa shape index (κ2) is 5.80. The number of benzene rings is 1. The Labute approximate surface area is 115 Å². The van der Waals surface area contributed by atoms with Crippen molar-refractivity contribution >= 4 is 5.69 Å². The van der Waals surface area contributed by atoms with Gasteiger partial charge in [-0.15, -0.1) is 0 Å². The van der Waals surface area contributed by atoms with Crippen LogP contribution in [0.5, 0.6) is 5.75 Å². The SMILES string of the molecule is COc1ccc(CN(C)C)cc1NCC1(C)COC1. The summed E-state index contributed by atoms with van der Waals surface area (Å²) in [5.74, 6) is 0.895. The number of methoxy groups -OCH3 is 1. The second-order valence-corrected chi connectivity index (χ2v) is 5.93. The molecule has 1 aliphatic rings. The summed E-state index contributed by atoms with van der Waals surface area (Å²) in [5, 5.41) is 3.50. The largest absolute Gasteiger partial charge is 0.495 e. The van der Waals surface area contributed by atoms with Crippen molar-refractivity contribution < 1.29 is 9.47 Å². The van der Waals surface area contributed by atoms with E-state index in [1.807, 2.05) is 6.07 Å². The number of nitrogens with zero attached hydrogens (tertiary/aromatic N) is 1. The number of ether oxygens (including phenoxy) is 2. The zero-order valence-corrected chi connectivity index (χ0v) is 12.3. The van der Waals surface area contributed by atoms with E-state index in [0.29, 0.717) is 0 Å². The molecule has 0 unspecified atom stereocenters. The lowest BCUT2D eigenvalue weighted by Crippen LogP contribution is -2.45. The Morgan fingerprint density at radius 1 is 1.37 bits per heavy atom. The monoisotopic (exact) mass is 264 g/mol. The summed E-state index contributed by atoms with van der Waals surface area (Å²) in [4.78, 5) is 2.16. The van der Waals surface area contributed by atoms with E-state index in [2.05, 4.69) is 43.4 Å². The summed E-state index contributed by atoms with van der Waals surface area (Å²) in [5.41, 5.74) is 2.60. The van der Waals surface area contributed by atoms with Gasteiger partial charge in [-0.25, -0.2) is 0 Å². The number of hydrogen-bond donors (Lipinski definition) is 1. The quantitative estimate of drug-likeness (QED) is 0.854. The first-order chi connectivity index (χ1) is 9.02. The summed E-state index contributed by atoms with van der Waals surface area (Å²) >= 11 is 0. The van der Waals surface area contributed by atoms with Crippen molar-refractivity contribution in [2.45, 2.75) is 13.5 Å². The van der Waals surface area contributed by atoms with Crippen molar-refractivity contribution in [3.8, 4) is 5.75 Å². The molecule has 1 aliphatic heterocycles. The van der Waals surface area contributed by atoms with Gasteiger partial charge >= 0.3 is 0 Å². The zero-order valence-electron chi connectivity index (χ0n) is 12.3. The molecule has 4 nitrogen and oxygen atoms in total. The molecule has 0 spiro atoms. The van der Waals surface area contributed by atoms with Crippen LogP contribution in [0, 0.1) is 5.41 Å². The van der Waals surface area contributed by atoms with Crippen LogP contribution in [0.2, 0.25) is 0 Å². The van der Waals surface area contributed by atoms with Crippen LogP contribution < -0.4 is 10.1 Å². The van der Waals surface area contributed by atoms with Crippen LogP contribution in [0.4, 0.5) is 5.69 Å². The van der Waals surface area contributed by atoms with Crippen molar-refractivity contribution in [2.24, 2.45) is 5.41 Å². The summed E-state index contributed by atoms with van der Waals surface area (Å²) < 4.78 is 10.7. The molecule has 1 saturated heterocycles. The molecule has 1 aromatic rings. The first-order valence-electron chi connectivity index (χ1n) is 6.66. The molecule has 1 aromatic carbocycles. The minimum absolute atomic E-state index is 0.253. The summed E-state index contributed by atoms with van der Waals surface area (Å²) in [7, 11) is 5.86.